The lowest BCUT2D eigenvalue weighted by molar-refractivity contribution is -0.0209. The van der Waals surface area contributed by atoms with Gasteiger partial charge in [-0.05, 0) is 37.2 Å². The minimum atomic E-state index is -0.891. The highest BCUT2D eigenvalue weighted by Gasteiger charge is 2.45. The molecule has 30 heavy (non-hydrogen) atoms. The van der Waals surface area contributed by atoms with Crippen LogP contribution in [0.1, 0.15) is 15.9 Å². The fourth-order valence-electron chi connectivity index (χ4n) is 3.72. The Kier molecular flexibility index (Phi) is 7.80. The van der Waals surface area contributed by atoms with Gasteiger partial charge in [0.05, 0.1) is 23.8 Å². The second kappa shape index (κ2) is 10.3. The number of nitrogens with zero attached hydrogens (tertiary/aromatic N) is 1. The average molecular weight is 437 g/mol. The van der Waals surface area contributed by atoms with Crippen LogP contribution in [0.15, 0.2) is 48.5 Å². The molecule has 0 aromatic heterocycles. The van der Waals surface area contributed by atoms with Gasteiger partial charge in [-0.1, -0.05) is 41.9 Å². The van der Waals surface area contributed by atoms with E-state index >= 15 is 0 Å². The summed E-state index contributed by atoms with van der Waals surface area (Å²) in [7, 11) is 1.88. The summed E-state index contributed by atoms with van der Waals surface area (Å²) in [6.45, 7) is 0.481. The fraction of sp³-hybridized carbons (Fsp3) is 0.409. The lowest BCUT2D eigenvalue weighted by Crippen LogP contribution is -2.50. The number of halogens is 2. The molecule has 0 aliphatic carbocycles. The third-order valence-corrected chi connectivity index (χ3v) is 5.68. The van der Waals surface area contributed by atoms with Gasteiger partial charge in [0.1, 0.15) is 18.0 Å². The molecular formula is C22H26ClFN2O4. The van der Waals surface area contributed by atoms with Crippen LogP contribution in [0, 0.1) is 5.82 Å². The molecule has 1 heterocycles. The van der Waals surface area contributed by atoms with E-state index in [2.05, 4.69) is 5.32 Å². The first-order chi connectivity index (χ1) is 14.4. The molecule has 3 rings (SSSR count). The minimum Gasteiger partial charge on any atom is -0.394 e. The van der Waals surface area contributed by atoms with Gasteiger partial charge in [0.15, 0.2) is 0 Å². The lowest BCUT2D eigenvalue weighted by Gasteiger charge is -2.30. The van der Waals surface area contributed by atoms with Gasteiger partial charge in [0.2, 0.25) is 0 Å². The molecule has 1 aliphatic rings. The molecule has 8 heteroatoms. The molecule has 0 radical (unpaired) electrons. The van der Waals surface area contributed by atoms with Gasteiger partial charge in [-0.2, -0.15) is 0 Å². The van der Waals surface area contributed by atoms with Gasteiger partial charge in [-0.25, -0.2) is 4.39 Å². The number of likely N-dealkylation sites (N-methyl/N-ethyl adjacent to an activating group) is 1. The Balaban J connectivity index is 1.63. The maximum absolute atomic E-state index is 13.3. The third kappa shape index (κ3) is 5.36. The summed E-state index contributed by atoms with van der Waals surface area (Å²) >= 11 is 5.75. The van der Waals surface area contributed by atoms with E-state index in [-0.39, 0.29) is 23.7 Å². The molecule has 2 aromatic rings. The molecule has 2 aromatic carbocycles. The summed E-state index contributed by atoms with van der Waals surface area (Å²) < 4.78 is 19.1. The number of amides is 1. The first-order valence-corrected chi connectivity index (χ1v) is 10.2. The molecule has 1 fully saturated rings. The SMILES string of the molecule is CN(CCc1ccccc1)[C@@H]1[C@H](O)[C@H](CO)O[C@@H]1CNC(=O)c1ccc(F)c(Cl)c1. The summed E-state index contributed by atoms with van der Waals surface area (Å²) in [6, 6.07) is 13.3. The second-order valence-corrected chi connectivity index (χ2v) is 7.84. The van der Waals surface area contributed by atoms with E-state index in [1.54, 1.807) is 0 Å². The number of aliphatic hydroxyl groups is 2. The van der Waals surface area contributed by atoms with E-state index in [9.17, 15) is 19.4 Å². The molecule has 162 valence electrons. The summed E-state index contributed by atoms with van der Waals surface area (Å²) in [5, 5.41) is 22.8. The summed E-state index contributed by atoms with van der Waals surface area (Å²) in [6.07, 6.45) is -1.34. The van der Waals surface area contributed by atoms with E-state index in [1.807, 2.05) is 42.3 Å². The summed E-state index contributed by atoms with van der Waals surface area (Å²) in [4.78, 5) is 14.4. The lowest BCUT2D eigenvalue weighted by atomic mass is 10.0. The highest BCUT2D eigenvalue weighted by molar-refractivity contribution is 6.31. The summed E-state index contributed by atoms with van der Waals surface area (Å²) in [5.74, 6) is -1.02. The van der Waals surface area contributed by atoms with Gasteiger partial charge in [-0.3, -0.25) is 9.69 Å². The molecule has 0 saturated carbocycles. The van der Waals surface area contributed by atoms with E-state index in [4.69, 9.17) is 16.3 Å². The number of nitrogens with one attached hydrogen (secondary N) is 1. The third-order valence-electron chi connectivity index (χ3n) is 5.39. The van der Waals surface area contributed by atoms with Crippen LogP contribution in [-0.2, 0) is 11.2 Å². The van der Waals surface area contributed by atoms with Crippen LogP contribution >= 0.6 is 11.6 Å². The number of hydrogen-bond donors (Lipinski definition) is 3. The predicted octanol–water partition coefficient (Wildman–Crippen LogP) is 1.87. The van der Waals surface area contributed by atoms with Crippen molar-refractivity contribution in [1.29, 1.82) is 0 Å². The fourth-order valence-corrected chi connectivity index (χ4v) is 3.90. The number of ether oxygens (including phenoxy) is 1. The molecule has 3 N–H and O–H groups in total. The summed E-state index contributed by atoms with van der Waals surface area (Å²) in [5.41, 5.74) is 1.40. The Labute approximate surface area is 180 Å². The first-order valence-electron chi connectivity index (χ1n) is 9.82. The van der Waals surface area contributed by atoms with Crippen molar-refractivity contribution in [2.24, 2.45) is 0 Å². The number of hydrogen-bond acceptors (Lipinski definition) is 5. The molecule has 1 amide bonds. The Bertz CT molecular complexity index is 854. The van der Waals surface area contributed by atoms with Crippen molar-refractivity contribution >= 4 is 17.5 Å². The smallest absolute Gasteiger partial charge is 0.251 e. The van der Waals surface area contributed by atoms with Crippen LogP contribution in [-0.4, -0.2) is 72.1 Å². The molecule has 0 bridgehead atoms. The van der Waals surface area contributed by atoms with Gasteiger partial charge >= 0.3 is 0 Å². The number of aliphatic hydroxyl groups excluding tert-OH is 2. The largest absolute Gasteiger partial charge is 0.394 e. The molecule has 0 spiro atoms. The van der Waals surface area contributed by atoms with E-state index in [1.165, 1.54) is 17.7 Å². The average Bonchev–Trinajstić information content (AvgIpc) is 3.08. The van der Waals surface area contributed by atoms with Crippen molar-refractivity contribution in [3.63, 3.8) is 0 Å². The van der Waals surface area contributed by atoms with Crippen LogP contribution < -0.4 is 5.32 Å². The maximum atomic E-state index is 13.3. The van der Waals surface area contributed by atoms with Crippen LogP contribution in [0.5, 0.6) is 0 Å². The molecule has 1 aliphatic heterocycles. The monoisotopic (exact) mass is 436 g/mol. The number of benzene rings is 2. The first kappa shape index (κ1) is 22.7. The minimum absolute atomic E-state index is 0.127. The Morgan fingerprint density at radius 3 is 2.63 bits per heavy atom. The van der Waals surface area contributed by atoms with Crippen molar-refractivity contribution in [3.8, 4) is 0 Å². The van der Waals surface area contributed by atoms with E-state index in [0.29, 0.717) is 6.54 Å². The maximum Gasteiger partial charge on any atom is 0.251 e. The van der Waals surface area contributed by atoms with Gasteiger partial charge in [0, 0.05) is 18.7 Å². The van der Waals surface area contributed by atoms with E-state index < -0.39 is 36.1 Å². The number of rotatable bonds is 8. The van der Waals surface area contributed by atoms with Crippen molar-refractivity contribution in [2.75, 3.05) is 26.7 Å². The zero-order valence-corrected chi connectivity index (χ0v) is 17.4. The standard InChI is InChI=1S/C22H26ClFN2O4/c1-26(10-9-14-5-3-2-4-6-14)20-18(30-19(13-27)21(20)28)12-25-22(29)15-7-8-17(24)16(23)11-15/h2-8,11,18-21,27-28H,9-10,12-13H2,1H3,(H,25,29)/t18-,19+,20+,21-/m1/s1. The number of carbonyl (C=O) groups excluding carboxylic acids is 1. The zero-order chi connectivity index (χ0) is 21.7. The van der Waals surface area contributed by atoms with Crippen molar-refractivity contribution in [3.05, 3.63) is 70.5 Å². The van der Waals surface area contributed by atoms with Crippen molar-refractivity contribution in [2.45, 2.75) is 30.8 Å². The predicted molar refractivity (Wildman–Crippen MR) is 112 cm³/mol. The molecule has 6 nitrogen and oxygen atoms in total. The van der Waals surface area contributed by atoms with Gasteiger partial charge in [-0.15, -0.1) is 0 Å². The zero-order valence-electron chi connectivity index (χ0n) is 16.7. The normalized spacial score (nSPS) is 23.7. The topological polar surface area (TPSA) is 82.0 Å². The van der Waals surface area contributed by atoms with Gasteiger partial charge in [0.25, 0.3) is 5.91 Å². The van der Waals surface area contributed by atoms with Gasteiger partial charge < -0.3 is 20.3 Å². The molecular weight excluding hydrogens is 411 g/mol. The Hall–Kier alpha value is -2.03. The Morgan fingerprint density at radius 1 is 1.23 bits per heavy atom. The second-order valence-electron chi connectivity index (χ2n) is 7.43. The molecule has 4 atom stereocenters. The molecule has 0 unspecified atom stereocenters. The highest BCUT2D eigenvalue weighted by atomic mass is 35.5. The highest BCUT2D eigenvalue weighted by Crippen LogP contribution is 2.25. The van der Waals surface area contributed by atoms with Crippen LogP contribution in [0.4, 0.5) is 4.39 Å². The number of carbonyl (C=O) groups is 1. The molecule has 1 saturated heterocycles. The quantitative estimate of drug-likeness (QED) is 0.588. The van der Waals surface area contributed by atoms with Crippen LogP contribution in [0.25, 0.3) is 0 Å². The van der Waals surface area contributed by atoms with Crippen LogP contribution in [0.3, 0.4) is 0 Å². The van der Waals surface area contributed by atoms with Crippen molar-refractivity contribution in [1.82, 2.24) is 10.2 Å². The van der Waals surface area contributed by atoms with Crippen molar-refractivity contribution < 1.29 is 24.1 Å². The Morgan fingerprint density at radius 2 is 1.97 bits per heavy atom. The van der Waals surface area contributed by atoms with Crippen LogP contribution in [0.2, 0.25) is 5.02 Å². The van der Waals surface area contributed by atoms with E-state index in [0.717, 1.165) is 12.5 Å².